The number of para-hydroxylation sites is 1. The summed E-state index contributed by atoms with van der Waals surface area (Å²) in [5, 5.41) is 1.11. The summed E-state index contributed by atoms with van der Waals surface area (Å²) in [5.74, 6) is 1.80. The monoisotopic (exact) mass is 255 g/mol. The van der Waals surface area contributed by atoms with E-state index in [1.54, 1.807) is 6.26 Å². The highest BCUT2D eigenvalue weighted by Crippen LogP contribution is 2.27. The first-order valence-electron chi connectivity index (χ1n) is 6.51. The van der Waals surface area contributed by atoms with Crippen LogP contribution in [-0.2, 0) is 6.42 Å². The van der Waals surface area contributed by atoms with Gasteiger partial charge in [-0.2, -0.15) is 0 Å². The molecule has 0 aliphatic carbocycles. The Kier molecular flexibility index (Phi) is 3.13. The summed E-state index contributed by atoms with van der Waals surface area (Å²) in [6.07, 6.45) is 3.32. The molecule has 0 radical (unpaired) electrons. The second-order valence-electron chi connectivity index (χ2n) is 4.87. The van der Waals surface area contributed by atoms with E-state index in [0.29, 0.717) is 0 Å². The van der Waals surface area contributed by atoms with E-state index in [0.717, 1.165) is 40.9 Å². The molecule has 0 fully saturated rings. The molecule has 3 heteroatoms. The molecule has 19 heavy (non-hydrogen) atoms. The zero-order chi connectivity index (χ0) is 13.2. The van der Waals surface area contributed by atoms with E-state index in [1.807, 2.05) is 37.3 Å². The van der Waals surface area contributed by atoms with Crippen LogP contribution in [-0.4, -0.2) is 0 Å². The van der Waals surface area contributed by atoms with E-state index < -0.39 is 0 Å². The number of furan rings is 2. The van der Waals surface area contributed by atoms with Crippen LogP contribution in [0.5, 0.6) is 0 Å². The predicted octanol–water partition coefficient (Wildman–Crippen LogP) is 3.97. The Labute approximate surface area is 112 Å². The quantitative estimate of drug-likeness (QED) is 0.767. The summed E-state index contributed by atoms with van der Waals surface area (Å²) in [5.41, 5.74) is 8.27. The number of nitrogens with two attached hydrogens (primary N) is 1. The molecular formula is C16H17NO2. The summed E-state index contributed by atoms with van der Waals surface area (Å²) in [4.78, 5) is 0. The van der Waals surface area contributed by atoms with Gasteiger partial charge in [0.2, 0.25) is 0 Å². The van der Waals surface area contributed by atoms with Crippen molar-refractivity contribution in [3.8, 4) is 0 Å². The largest absolute Gasteiger partial charge is 0.469 e. The van der Waals surface area contributed by atoms with Crippen LogP contribution in [0.2, 0.25) is 0 Å². The van der Waals surface area contributed by atoms with Gasteiger partial charge in [-0.1, -0.05) is 18.2 Å². The fourth-order valence-corrected chi connectivity index (χ4v) is 2.31. The highest BCUT2D eigenvalue weighted by atomic mass is 16.3. The molecule has 1 atom stereocenters. The van der Waals surface area contributed by atoms with Crippen LogP contribution in [0.1, 0.15) is 29.5 Å². The third-order valence-electron chi connectivity index (χ3n) is 3.41. The van der Waals surface area contributed by atoms with Gasteiger partial charge in [0.25, 0.3) is 0 Å². The first-order chi connectivity index (χ1) is 9.24. The summed E-state index contributed by atoms with van der Waals surface area (Å²) in [6.45, 7) is 2.05. The van der Waals surface area contributed by atoms with E-state index in [9.17, 15) is 0 Å². The first kappa shape index (κ1) is 12.1. The fourth-order valence-electron chi connectivity index (χ4n) is 2.31. The van der Waals surface area contributed by atoms with Crippen molar-refractivity contribution in [2.45, 2.75) is 25.8 Å². The van der Waals surface area contributed by atoms with Gasteiger partial charge in [-0.05, 0) is 37.1 Å². The average Bonchev–Trinajstić information content (AvgIpc) is 3.05. The van der Waals surface area contributed by atoms with E-state index in [4.69, 9.17) is 14.6 Å². The third kappa shape index (κ3) is 2.42. The van der Waals surface area contributed by atoms with Crippen LogP contribution < -0.4 is 5.73 Å². The maximum Gasteiger partial charge on any atom is 0.137 e. The van der Waals surface area contributed by atoms with Gasteiger partial charge in [0.1, 0.15) is 17.1 Å². The maximum atomic E-state index is 6.19. The standard InChI is InChI=1S/C16H17NO2/c1-11-4-2-5-12-10-15(19-16(11)12)14(17)8-7-13-6-3-9-18-13/h2-6,9-10,14H,7-8,17H2,1H3. The van der Waals surface area contributed by atoms with Crippen LogP contribution in [0, 0.1) is 6.92 Å². The van der Waals surface area contributed by atoms with Gasteiger partial charge in [0.15, 0.2) is 0 Å². The summed E-state index contributed by atoms with van der Waals surface area (Å²) >= 11 is 0. The highest BCUT2D eigenvalue weighted by molar-refractivity contribution is 5.80. The Hall–Kier alpha value is -2.00. The molecule has 3 aromatic rings. The SMILES string of the molecule is Cc1cccc2cc(C(N)CCc3ccco3)oc12. The zero-order valence-electron chi connectivity index (χ0n) is 10.9. The molecule has 0 amide bonds. The van der Waals surface area contributed by atoms with Gasteiger partial charge < -0.3 is 14.6 Å². The lowest BCUT2D eigenvalue weighted by atomic mass is 10.1. The lowest BCUT2D eigenvalue weighted by Gasteiger charge is -2.06. The second-order valence-corrected chi connectivity index (χ2v) is 4.87. The number of rotatable bonds is 4. The second kappa shape index (κ2) is 4.94. The number of hydrogen-bond acceptors (Lipinski definition) is 3. The Balaban J connectivity index is 1.77. The highest BCUT2D eigenvalue weighted by Gasteiger charge is 2.13. The van der Waals surface area contributed by atoms with E-state index >= 15 is 0 Å². The van der Waals surface area contributed by atoms with Crippen molar-refractivity contribution in [2.24, 2.45) is 5.73 Å². The van der Waals surface area contributed by atoms with Crippen LogP contribution in [0.3, 0.4) is 0 Å². The smallest absolute Gasteiger partial charge is 0.137 e. The van der Waals surface area contributed by atoms with Crippen molar-refractivity contribution >= 4 is 11.0 Å². The Bertz CT molecular complexity index is 667. The third-order valence-corrected chi connectivity index (χ3v) is 3.41. The first-order valence-corrected chi connectivity index (χ1v) is 6.51. The minimum atomic E-state index is -0.100. The van der Waals surface area contributed by atoms with Crippen molar-refractivity contribution in [3.05, 3.63) is 59.7 Å². The molecule has 0 aliphatic rings. The Morgan fingerprint density at radius 2 is 2.11 bits per heavy atom. The molecule has 2 heterocycles. The van der Waals surface area contributed by atoms with Crippen LogP contribution >= 0.6 is 0 Å². The van der Waals surface area contributed by atoms with Crippen molar-refractivity contribution in [3.63, 3.8) is 0 Å². The molecule has 0 spiro atoms. The van der Waals surface area contributed by atoms with Crippen LogP contribution in [0.4, 0.5) is 0 Å². The molecule has 1 aromatic carbocycles. The van der Waals surface area contributed by atoms with Gasteiger partial charge in [0, 0.05) is 11.8 Å². The normalized spacial score (nSPS) is 12.9. The molecular weight excluding hydrogens is 238 g/mol. The van der Waals surface area contributed by atoms with Gasteiger partial charge >= 0.3 is 0 Å². The number of fused-ring (bicyclic) bond motifs is 1. The van der Waals surface area contributed by atoms with Crippen molar-refractivity contribution in [1.29, 1.82) is 0 Å². The lowest BCUT2D eigenvalue weighted by molar-refractivity contribution is 0.449. The van der Waals surface area contributed by atoms with Crippen LogP contribution in [0.15, 0.2) is 51.5 Å². The topological polar surface area (TPSA) is 52.3 Å². The average molecular weight is 255 g/mol. The molecule has 2 aromatic heterocycles. The Morgan fingerprint density at radius 1 is 1.21 bits per heavy atom. The minimum Gasteiger partial charge on any atom is -0.469 e. The molecule has 2 N–H and O–H groups in total. The van der Waals surface area contributed by atoms with Crippen molar-refractivity contribution in [2.75, 3.05) is 0 Å². The number of hydrogen-bond donors (Lipinski definition) is 1. The molecule has 98 valence electrons. The van der Waals surface area contributed by atoms with Gasteiger partial charge in [0.05, 0.1) is 12.3 Å². The van der Waals surface area contributed by atoms with Gasteiger partial charge in [-0.25, -0.2) is 0 Å². The van der Waals surface area contributed by atoms with E-state index in [1.165, 1.54) is 0 Å². The maximum absolute atomic E-state index is 6.19. The van der Waals surface area contributed by atoms with Crippen molar-refractivity contribution in [1.82, 2.24) is 0 Å². The van der Waals surface area contributed by atoms with E-state index in [2.05, 4.69) is 6.07 Å². The fraction of sp³-hybridized carbons (Fsp3) is 0.250. The summed E-state index contributed by atoms with van der Waals surface area (Å²) in [7, 11) is 0. The van der Waals surface area contributed by atoms with Gasteiger partial charge in [-0.3, -0.25) is 0 Å². The van der Waals surface area contributed by atoms with Gasteiger partial charge in [-0.15, -0.1) is 0 Å². The molecule has 0 saturated carbocycles. The number of aryl methyl sites for hydroxylation is 2. The number of benzene rings is 1. The summed E-state index contributed by atoms with van der Waals surface area (Å²) in [6, 6.07) is 11.9. The molecule has 0 bridgehead atoms. The van der Waals surface area contributed by atoms with Crippen LogP contribution in [0.25, 0.3) is 11.0 Å². The predicted molar refractivity (Wildman–Crippen MR) is 74.9 cm³/mol. The molecule has 3 nitrogen and oxygen atoms in total. The summed E-state index contributed by atoms with van der Waals surface area (Å²) < 4.78 is 11.2. The molecule has 1 unspecified atom stereocenters. The lowest BCUT2D eigenvalue weighted by Crippen LogP contribution is -2.10. The molecule has 3 rings (SSSR count). The Morgan fingerprint density at radius 3 is 2.84 bits per heavy atom. The molecule has 0 saturated heterocycles. The zero-order valence-corrected chi connectivity index (χ0v) is 10.9. The van der Waals surface area contributed by atoms with Crippen molar-refractivity contribution < 1.29 is 8.83 Å². The molecule has 0 aliphatic heterocycles. The van der Waals surface area contributed by atoms with E-state index in [-0.39, 0.29) is 6.04 Å². The minimum absolute atomic E-state index is 0.100.